The summed E-state index contributed by atoms with van der Waals surface area (Å²) in [6, 6.07) is 12.5. The van der Waals surface area contributed by atoms with E-state index in [0.29, 0.717) is 18.3 Å². The number of para-hydroxylation sites is 1. The van der Waals surface area contributed by atoms with E-state index in [2.05, 4.69) is 37.9 Å². The molecule has 1 fully saturated rings. The molecule has 1 amide bonds. The highest BCUT2D eigenvalue weighted by molar-refractivity contribution is 7.99. The zero-order chi connectivity index (χ0) is 22.2. The van der Waals surface area contributed by atoms with Crippen molar-refractivity contribution in [1.82, 2.24) is 24.6 Å². The van der Waals surface area contributed by atoms with E-state index in [0.717, 1.165) is 48.1 Å². The molecule has 7 nitrogen and oxygen atoms in total. The Morgan fingerprint density at radius 1 is 1.12 bits per heavy atom. The van der Waals surface area contributed by atoms with Crippen LogP contribution < -0.4 is 0 Å². The first-order valence-electron chi connectivity index (χ1n) is 11.8. The molecule has 4 aromatic rings. The zero-order valence-corrected chi connectivity index (χ0v) is 19.3. The third-order valence-electron chi connectivity index (χ3n) is 6.91. The van der Waals surface area contributed by atoms with Crippen LogP contribution >= 0.6 is 11.8 Å². The summed E-state index contributed by atoms with van der Waals surface area (Å²) in [5.74, 6) is 2.01. The summed E-state index contributed by atoms with van der Waals surface area (Å²) in [4.78, 5) is 18.7. The minimum absolute atomic E-state index is 0.147. The van der Waals surface area contributed by atoms with Gasteiger partial charge in [0, 0.05) is 47.7 Å². The lowest BCUT2D eigenvalue weighted by Gasteiger charge is -2.28. The molecule has 0 radical (unpaired) electrons. The molecule has 1 aromatic carbocycles. The number of rotatable bonds is 5. The second kappa shape index (κ2) is 8.74. The highest BCUT2D eigenvalue weighted by atomic mass is 32.2. The summed E-state index contributed by atoms with van der Waals surface area (Å²) in [6.07, 6.45) is 8.46. The maximum Gasteiger partial charge on any atom is 0.233 e. The summed E-state index contributed by atoms with van der Waals surface area (Å²) in [6.45, 7) is 1.40. The van der Waals surface area contributed by atoms with Crippen LogP contribution in [0.15, 0.2) is 52.2 Å². The van der Waals surface area contributed by atoms with E-state index in [4.69, 9.17) is 4.42 Å². The maximum atomic E-state index is 13.2. The average Bonchev–Trinajstić information content (AvgIpc) is 3.61. The van der Waals surface area contributed by atoms with Crippen LogP contribution in [-0.2, 0) is 17.8 Å². The van der Waals surface area contributed by atoms with Crippen LogP contribution in [0, 0.1) is 0 Å². The van der Waals surface area contributed by atoms with Crippen molar-refractivity contribution in [2.45, 2.75) is 56.3 Å². The summed E-state index contributed by atoms with van der Waals surface area (Å²) < 4.78 is 7.85. The Morgan fingerprint density at radius 2 is 2.00 bits per heavy atom. The van der Waals surface area contributed by atoms with Gasteiger partial charge in [0.05, 0.1) is 12.0 Å². The van der Waals surface area contributed by atoms with Gasteiger partial charge in [0.2, 0.25) is 11.7 Å². The molecule has 170 valence electrons. The molecule has 1 aliphatic heterocycles. The standard InChI is InChI=1S/C25H27N5O2S/c31-23(29-13-12-21-19(15-29)18-9-4-5-10-20(18)26-21)16-33-25-28-27-24(22-11-6-14-32-22)30(25)17-7-2-1-3-8-17/h4-6,9-11,14,17,26H,1-3,7-8,12-13,15-16H2. The van der Waals surface area contributed by atoms with Gasteiger partial charge in [-0.15, -0.1) is 10.2 Å². The number of hydrogen-bond acceptors (Lipinski definition) is 5. The third kappa shape index (κ3) is 3.86. The molecular formula is C25H27N5O2S. The number of hydrogen-bond donors (Lipinski definition) is 1. The monoisotopic (exact) mass is 461 g/mol. The number of furan rings is 1. The largest absolute Gasteiger partial charge is 0.461 e. The quantitative estimate of drug-likeness (QED) is 0.413. The number of amides is 1. The van der Waals surface area contributed by atoms with Gasteiger partial charge >= 0.3 is 0 Å². The Bertz CT molecular complexity index is 1270. The molecule has 0 atom stereocenters. The number of H-pyrrole nitrogens is 1. The van der Waals surface area contributed by atoms with Gasteiger partial charge in [-0.05, 0) is 31.0 Å². The number of aromatic nitrogens is 4. The third-order valence-corrected chi connectivity index (χ3v) is 7.83. The second-order valence-electron chi connectivity index (χ2n) is 8.93. The SMILES string of the molecule is O=C(CSc1nnc(-c2ccco2)n1C1CCCCC1)N1CCc2[nH]c3ccccc3c2C1. The normalized spacial score (nSPS) is 16.9. The van der Waals surface area contributed by atoms with Crippen molar-refractivity contribution < 1.29 is 9.21 Å². The molecule has 4 heterocycles. The number of nitrogens with one attached hydrogen (secondary N) is 1. The molecule has 2 aliphatic rings. The van der Waals surface area contributed by atoms with Crippen molar-refractivity contribution in [2.24, 2.45) is 0 Å². The zero-order valence-electron chi connectivity index (χ0n) is 18.5. The van der Waals surface area contributed by atoms with Crippen molar-refractivity contribution in [2.75, 3.05) is 12.3 Å². The van der Waals surface area contributed by atoms with Gasteiger partial charge in [-0.25, -0.2) is 0 Å². The predicted octanol–water partition coefficient (Wildman–Crippen LogP) is 5.20. The van der Waals surface area contributed by atoms with Crippen molar-refractivity contribution in [3.63, 3.8) is 0 Å². The lowest BCUT2D eigenvalue weighted by molar-refractivity contribution is -0.129. The fourth-order valence-corrected chi connectivity index (χ4v) is 6.12. The summed E-state index contributed by atoms with van der Waals surface area (Å²) in [5.41, 5.74) is 3.66. The predicted molar refractivity (Wildman–Crippen MR) is 128 cm³/mol. The van der Waals surface area contributed by atoms with Gasteiger partial charge in [-0.2, -0.15) is 0 Å². The Morgan fingerprint density at radius 3 is 2.85 bits per heavy atom. The Hall–Kier alpha value is -3.00. The molecule has 0 spiro atoms. The van der Waals surface area contributed by atoms with Crippen molar-refractivity contribution >= 4 is 28.6 Å². The van der Waals surface area contributed by atoms with Crippen molar-refractivity contribution in [3.05, 3.63) is 53.9 Å². The van der Waals surface area contributed by atoms with E-state index in [1.54, 1.807) is 6.26 Å². The van der Waals surface area contributed by atoms with E-state index in [9.17, 15) is 4.79 Å². The molecule has 0 bridgehead atoms. The first-order chi connectivity index (χ1) is 16.3. The molecule has 0 saturated heterocycles. The number of thioether (sulfide) groups is 1. The maximum absolute atomic E-state index is 13.2. The number of benzene rings is 1. The summed E-state index contributed by atoms with van der Waals surface area (Å²) in [7, 11) is 0. The number of fused-ring (bicyclic) bond motifs is 3. The molecule has 8 heteroatoms. The van der Waals surface area contributed by atoms with Gasteiger partial charge in [-0.3, -0.25) is 9.36 Å². The fraction of sp³-hybridized carbons (Fsp3) is 0.400. The van der Waals surface area contributed by atoms with Crippen LogP contribution in [0.2, 0.25) is 0 Å². The first kappa shape index (κ1) is 20.6. The lowest BCUT2D eigenvalue weighted by Crippen LogP contribution is -2.37. The molecule has 1 N–H and O–H groups in total. The van der Waals surface area contributed by atoms with Gasteiger partial charge < -0.3 is 14.3 Å². The van der Waals surface area contributed by atoms with Crippen molar-refractivity contribution in [3.8, 4) is 11.6 Å². The van der Waals surface area contributed by atoms with Crippen LogP contribution in [0.5, 0.6) is 0 Å². The van der Waals surface area contributed by atoms with Crippen molar-refractivity contribution in [1.29, 1.82) is 0 Å². The molecule has 33 heavy (non-hydrogen) atoms. The van der Waals surface area contributed by atoms with E-state index in [1.807, 2.05) is 23.1 Å². The number of carbonyl (C=O) groups is 1. The number of carbonyl (C=O) groups excluding carboxylic acids is 1. The minimum atomic E-state index is 0.147. The van der Waals surface area contributed by atoms with E-state index in [1.165, 1.54) is 47.7 Å². The Balaban J connectivity index is 1.20. The molecule has 1 saturated carbocycles. The van der Waals surface area contributed by atoms with Crippen LogP contribution in [0.4, 0.5) is 0 Å². The fourth-order valence-electron chi connectivity index (χ4n) is 5.21. The van der Waals surface area contributed by atoms with Crippen LogP contribution in [-0.4, -0.2) is 42.9 Å². The summed E-state index contributed by atoms with van der Waals surface area (Å²) >= 11 is 1.50. The highest BCUT2D eigenvalue weighted by Gasteiger charge is 2.27. The van der Waals surface area contributed by atoms with E-state index < -0.39 is 0 Å². The molecular weight excluding hydrogens is 434 g/mol. The smallest absolute Gasteiger partial charge is 0.233 e. The molecule has 6 rings (SSSR count). The lowest BCUT2D eigenvalue weighted by atomic mass is 9.95. The number of aromatic amines is 1. The van der Waals surface area contributed by atoms with E-state index >= 15 is 0 Å². The van der Waals surface area contributed by atoms with E-state index in [-0.39, 0.29) is 5.91 Å². The van der Waals surface area contributed by atoms with Gasteiger partial charge in [-0.1, -0.05) is 49.2 Å². The number of nitrogens with zero attached hydrogens (tertiary/aromatic N) is 4. The Kier molecular flexibility index (Phi) is 5.46. The highest BCUT2D eigenvalue weighted by Crippen LogP contribution is 2.36. The average molecular weight is 462 g/mol. The van der Waals surface area contributed by atoms with Gasteiger partial charge in [0.1, 0.15) is 0 Å². The van der Waals surface area contributed by atoms with Crippen LogP contribution in [0.3, 0.4) is 0 Å². The van der Waals surface area contributed by atoms with Crippen LogP contribution in [0.25, 0.3) is 22.5 Å². The van der Waals surface area contributed by atoms with Gasteiger partial charge in [0.25, 0.3) is 0 Å². The molecule has 0 unspecified atom stereocenters. The summed E-state index contributed by atoms with van der Waals surface area (Å²) in [5, 5.41) is 11.0. The second-order valence-corrected chi connectivity index (χ2v) is 9.87. The van der Waals surface area contributed by atoms with Gasteiger partial charge in [0.15, 0.2) is 10.9 Å². The topological polar surface area (TPSA) is 79.9 Å². The first-order valence-corrected chi connectivity index (χ1v) is 12.7. The van der Waals surface area contributed by atoms with Crippen LogP contribution in [0.1, 0.15) is 49.4 Å². The molecule has 1 aliphatic carbocycles. The minimum Gasteiger partial charge on any atom is -0.461 e. The molecule has 3 aromatic heterocycles. The Labute approximate surface area is 196 Å².